The number of allylic oxidation sites excluding steroid dienone is 1. The van der Waals surface area contributed by atoms with Gasteiger partial charge in [-0.15, -0.1) is 0 Å². The molecule has 0 aliphatic heterocycles. The number of carbonyl (C=O) groups is 1. The number of benzene rings is 3. The summed E-state index contributed by atoms with van der Waals surface area (Å²) in [5.41, 5.74) is 6.41. The predicted octanol–water partition coefficient (Wildman–Crippen LogP) is 5.02. The molecule has 3 aromatic carbocycles. The molecule has 0 aliphatic rings. The molecular weight excluding hydrogens is 332 g/mol. The molecule has 1 N–H and O–H groups in total. The zero-order chi connectivity index (χ0) is 18.9. The van der Waals surface area contributed by atoms with E-state index in [-0.39, 0.29) is 5.91 Å². The summed E-state index contributed by atoms with van der Waals surface area (Å²) in [6.07, 6.45) is 3.85. The van der Waals surface area contributed by atoms with Crippen LogP contribution in [0, 0.1) is 0 Å². The van der Waals surface area contributed by atoms with E-state index >= 15 is 0 Å². The van der Waals surface area contributed by atoms with Crippen LogP contribution in [0.25, 0.3) is 6.08 Å². The zero-order valence-corrected chi connectivity index (χ0v) is 15.2. The van der Waals surface area contributed by atoms with Gasteiger partial charge in [0.2, 0.25) is 0 Å². The van der Waals surface area contributed by atoms with Gasteiger partial charge in [0.25, 0.3) is 5.91 Å². The van der Waals surface area contributed by atoms with Crippen LogP contribution in [0.3, 0.4) is 0 Å². The maximum atomic E-state index is 12.9. The van der Waals surface area contributed by atoms with Crippen LogP contribution < -0.4 is 5.43 Å². The van der Waals surface area contributed by atoms with Crippen molar-refractivity contribution >= 4 is 17.7 Å². The Labute approximate surface area is 160 Å². The SMILES string of the molecule is CC(/C=C\c1ccccc1)=N/NC(=O)C(c1ccccc1)c1ccccc1. The van der Waals surface area contributed by atoms with Gasteiger partial charge in [0.15, 0.2) is 0 Å². The molecule has 3 nitrogen and oxygen atoms in total. The fourth-order valence-electron chi connectivity index (χ4n) is 2.81. The topological polar surface area (TPSA) is 41.5 Å². The highest BCUT2D eigenvalue weighted by molar-refractivity contribution is 5.97. The molecule has 3 heteroatoms. The van der Waals surface area contributed by atoms with Gasteiger partial charge in [-0.2, -0.15) is 5.10 Å². The van der Waals surface area contributed by atoms with Crippen LogP contribution in [0.5, 0.6) is 0 Å². The van der Waals surface area contributed by atoms with Crippen molar-refractivity contribution in [3.05, 3.63) is 114 Å². The van der Waals surface area contributed by atoms with Crippen molar-refractivity contribution in [2.45, 2.75) is 12.8 Å². The highest BCUT2D eigenvalue weighted by atomic mass is 16.2. The van der Waals surface area contributed by atoms with Gasteiger partial charge in [0.05, 0.1) is 11.6 Å². The van der Waals surface area contributed by atoms with Crippen molar-refractivity contribution in [2.24, 2.45) is 5.10 Å². The van der Waals surface area contributed by atoms with Crippen molar-refractivity contribution in [2.75, 3.05) is 0 Å². The third-order valence-corrected chi connectivity index (χ3v) is 4.19. The van der Waals surface area contributed by atoms with Crippen molar-refractivity contribution < 1.29 is 4.79 Å². The average molecular weight is 354 g/mol. The maximum Gasteiger partial charge on any atom is 0.252 e. The van der Waals surface area contributed by atoms with Gasteiger partial charge >= 0.3 is 0 Å². The molecule has 0 fully saturated rings. The number of nitrogens with one attached hydrogen (secondary N) is 1. The third kappa shape index (κ3) is 5.25. The molecule has 27 heavy (non-hydrogen) atoms. The first kappa shape index (κ1) is 18.3. The number of hydrogen-bond acceptors (Lipinski definition) is 2. The van der Waals surface area contributed by atoms with Gasteiger partial charge in [-0.3, -0.25) is 4.79 Å². The molecule has 0 saturated heterocycles. The number of hydrazone groups is 1. The Balaban J connectivity index is 1.76. The van der Waals surface area contributed by atoms with Crippen LogP contribution in [0.15, 0.2) is 102 Å². The highest BCUT2D eigenvalue weighted by Gasteiger charge is 2.22. The number of hydrogen-bond donors (Lipinski definition) is 1. The summed E-state index contributed by atoms with van der Waals surface area (Å²) in [6, 6.07) is 29.5. The van der Waals surface area contributed by atoms with Crippen LogP contribution in [0.2, 0.25) is 0 Å². The van der Waals surface area contributed by atoms with Crippen LogP contribution in [-0.2, 0) is 4.79 Å². The molecule has 134 valence electrons. The minimum atomic E-state index is -0.401. The lowest BCUT2D eigenvalue weighted by molar-refractivity contribution is -0.121. The minimum Gasteiger partial charge on any atom is -0.272 e. The minimum absolute atomic E-state index is 0.153. The van der Waals surface area contributed by atoms with E-state index in [4.69, 9.17) is 0 Å². The Hall–Kier alpha value is -3.46. The van der Waals surface area contributed by atoms with Crippen molar-refractivity contribution in [3.63, 3.8) is 0 Å². The van der Waals surface area contributed by atoms with E-state index in [0.717, 1.165) is 22.4 Å². The summed E-state index contributed by atoms with van der Waals surface area (Å²) >= 11 is 0. The molecule has 0 radical (unpaired) electrons. The molecule has 0 spiro atoms. The second kappa shape index (κ2) is 9.30. The number of rotatable bonds is 6. The fourth-order valence-corrected chi connectivity index (χ4v) is 2.81. The van der Waals surface area contributed by atoms with E-state index in [2.05, 4.69) is 10.5 Å². The Kier molecular flexibility index (Phi) is 6.31. The molecule has 0 saturated carbocycles. The Morgan fingerprint density at radius 2 is 1.30 bits per heavy atom. The third-order valence-electron chi connectivity index (χ3n) is 4.19. The lowest BCUT2D eigenvalue weighted by atomic mass is 9.91. The summed E-state index contributed by atoms with van der Waals surface area (Å²) in [7, 11) is 0. The van der Waals surface area contributed by atoms with Crippen LogP contribution >= 0.6 is 0 Å². The van der Waals surface area contributed by atoms with Crippen LogP contribution in [0.4, 0.5) is 0 Å². The maximum absolute atomic E-state index is 12.9. The standard InChI is InChI=1S/C24H22N2O/c1-19(17-18-20-11-5-2-6-12-20)25-26-24(27)23(21-13-7-3-8-14-21)22-15-9-4-10-16-22/h2-18,23H,1H3,(H,26,27)/b18-17-,25-19-. The highest BCUT2D eigenvalue weighted by Crippen LogP contribution is 2.24. The van der Waals surface area contributed by atoms with E-state index in [1.54, 1.807) is 0 Å². The van der Waals surface area contributed by atoms with Gasteiger partial charge in [-0.1, -0.05) is 97.1 Å². The lowest BCUT2D eigenvalue weighted by Crippen LogP contribution is -2.26. The van der Waals surface area contributed by atoms with Crippen LogP contribution in [0.1, 0.15) is 29.5 Å². The quantitative estimate of drug-likeness (QED) is 0.490. The molecule has 0 heterocycles. The monoisotopic (exact) mass is 354 g/mol. The van der Waals surface area contributed by atoms with E-state index in [0.29, 0.717) is 0 Å². The lowest BCUT2D eigenvalue weighted by Gasteiger charge is -2.16. The first-order chi connectivity index (χ1) is 13.2. The Morgan fingerprint density at radius 3 is 1.81 bits per heavy atom. The van der Waals surface area contributed by atoms with E-state index in [9.17, 15) is 4.79 Å². The number of carbonyl (C=O) groups excluding carboxylic acids is 1. The summed E-state index contributed by atoms with van der Waals surface area (Å²) in [5, 5.41) is 4.24. The molecule has 3 aromatic rings. The van der Waals surface area contributed by atoms with Crippen molar-refractivity contribution in [1.29, 1.82) is 0 Å². The van der Waals surface area contributed by atoms with Gasteiger partial charge in [0, 0.05) is 0 Å². The molecule has 0 aromatic heterocycles. The van der Waals surface area contributed by atoms with E-state index in [1.165, 1.54) is 0 Å². The molecule has 0 bridgehead atoms. The fraction of sp³-hybridized carbons (Fsp3) is 0.0833. The van der Waals surface area contributed by atoms with Crippen molar-refractivity contribution in [1.82, 2.24) is 5.43 Å². The molecule has 0 atom stereocenters. The Morgan fingerprint density at radius 1 is 0.815 bits per heavy atom. The normalized spacial score (nSPS) is 11.7. The second-order valence-electron chi connectivity index (χ2n) is 6.23. The molecule has 1 amide bonds. The largest absolute Gasteiger partial charge is 0.272 e. The molecule has 0 unspecified atom stereocenters. The van der Waals surface area contributed by atoms with Gasteiger partial charge < -0.3 is 0 Å². The van der Waals surface area contributed by atoms with Gasteiger partial charge in [-0.25, -0.2) is 5.43 Å². The first-order valence-corrected chi connectivity index (χ1v) is 8.91. The molecular formula is C24H22N2O. The number of amides is 1. The van der Waals surface area contributed by atoms with Gasteiger partial charge in [0.1, 0.15) is 0 Å². The number of nitrogens with zero attached hydrogens (tertiary/aromatic N) is 1. The molecule has 3 rings (SSSR count). The van der Waals surface area contributed by atoms with Gasteiger partial charge in [-0.05, 0) is 29.7 Å². The predicted molar refractivity (Wildman–Crippen MR) is 111 cm³/mol. The summed E-state index contributed by atoms with van der Waals surface area (Å²) in [6.45, 7) is 1.86. The second-order valence-corrected chi connectivity index (χ2v) is 6.23. The smallest absolute Gasteiger partial charge is 0.252 e. The summed E-state index contributed by atoms with van der Waals surface area (Å²) < 4.78 is 0. The van der Waals surface area contributed by atoms with E-state index in [1.807, 2.05) is 110 Å². The summed E-state index contributed by atoms with van der Waals surface area (Å²) in [4.78, 5) is 12.9. The first-order valence-electron chi connectivity index (χ1n) is 8.91. The average Bonchev–Trinajstić information content (AvgIpc) is 2.73. The Bertz CT molecular complexity index is 877. The zero-order valence-electron chi connectivity index (χ0n) is 15.2. The van der Waals surface area contributed by atoms with Crippen molar-refractivity contribution in [3.8, 4) is 0 Å². The van der Waals surface area contributed by atoms with E-state index < -0.39 is 5.92 Å². The summed E-state index contributed by atoms with van der Waals surface area (Å²) in [5.74, 6) is -0.554. The molecule has 0 aliphatic carbocycles. The van der Waals surface area contributed by atoms with Crippen LogP contribution in [-0.4, -0.2) is 11.6 Å².